The first-order valence-electron chi connectivity index (χ1n) is 7.92. The van der Waals surface area contributed by atoms with Crippen LogP contribution in [0, 0.1) is 0 Å². The molecule has 0 aromatic carbocycles. The molecule has 0 saturated carbocycles. The Morgan fingerprint density at radius 1 is 1.21 bits per heavy atom. The van der Waals surface area contributed by atoms with E-state index in [2.05, 4.69) is 20.8 Å². The van der Waals surface area contributed by atoms with E-state index in [1.54, 1.807) is 12.1 Å². The highest BCUT2D eigenvalue weighted by Crippen LogP contribution is 2.29. The number of rotatable bonds is 5. The maximum absolute atomic E-state index is 12.9. The fourth-order valence-corrected chi connectivity index (χ4v) is 2.49. The number of aromatic nitrogens is 4. The molecule has 0 aliphatic rings. The van der Waals surface area contributed by atoms with Crippen molar-refractivity contribution in [2.45, 2.75) is 12.7 Å². The average Bonchev–Trinajstić information content (AvgIpc) is 3.32. The summed E-state index contributed by atoms with van der Waals surface area (Å²) < 4.78 is 45.5. The van der Waals surface area contributed by atoms with Gasteiger partial charge in [0.2, 0.25) is 0 Å². The summed E-state index contributed by atoms with van der Waals surface area (Å²) >= 11 is 0. The molecule has 0 bridgehead atoms. The van der Waals surface area contributed by atoms with Gasteiger partial charge in [0.1, 0.15) is 17.1 Å². The van der Waals surface area contributed by atoms with Crippen molar-refractivity contribution in [3.63, 3.8) is 0 Å². The van der Waals surface area contributed by atoms with Gasteiger partial charge in [-0.15, -0.1) is 0 Å². The second-order valence-electron chi connectivity index (χ2n) is 5.78. The Morgan fingerprint density at radius 3 is 2.57 bits per heavy atom. The quantitative estimate of drug-likeness (QED) is 0.686. The van der Waals surface area contributed by atoms with Crippen molar-refractivity contribution >= 4 is 17.5 Å². The number of alkyl halides is 3. The Balaban J connectivity index is 1.76. The van der Waals surface area contributed by atoms with Crippen LogP contribution >= 0.6 is 0 Å². The summed E-state index contributed by atoms with van der Waals surface area (Å²) in [4.78, 5) is 24.7. The van der Waals surface area contributed by atoms with E-state index >= 15 is 0 Å². The summed E-state index contributed by atoms with van der Waals surface area (Å²) in [6.07, 6.45) is -1.97. The van der Waals surface area contributed by atoms with Crippen LogP contribution in [0.5, 0.6) is 0 Å². The van der Waals surface area contributed by atoms with E-state index in [0.717, 1.165) is 7.05 Å². The van der Waals surface area contributed by atoms with Gasteiger partial charge in [-0.25, -0.2) is 0 Å². The minimum atomic E-state index is -4.65. The van der Waals surface area contributed by atoms with Crippen molar-refractivity contribution in [1.29, 1.82) is 0 Å². The molecule has 3 aromatic heterocycles. The molecule has 2 amide bonds. The summed E-state index contributed by atoms with van der Waals surface area (Å²) in [6, 6.07) is 3.97. The second kappa shape index (κ2) is 7.21. The lowest BCUT2D eigenvalue weighted by Crippen LogP contribution is -2.26. The zero-order valence-electron chi connectivity index (χ0n) is 14.7. The molecule has 0 fully saturated rings. The van der Waals surface area contributed by atoms with E-state index in [1.165, 1.54) is 24.2 Å². The number of anilines is 1. The van der Waals surface area contributed by atoms with Crippen molar-refractivity contribution in [2.24, 2.45) is 14.1 Å². The van der Waals surface area contributed by atoms with Crippen LogP contribution in [0.1, 0.15) is 32.4 Å². The average molecular weight is 396 g/mol. The van der Waals surface area contributed by atoms with Gasteiger partial charge in [-0.3, -0.25) is 19.0 Å². The third kappa shape index (κ3) is 3.89. The van der Waals surface area contributed by atoms with E-state index < -0.39 is 29.4 Å². The van der Waals surface area contributed by atoms with Gasteiger partial charge in [0.15, 0.2) is 5.69 Å². The zero-order chi connectivity index (χ0) is 20.5. The molecule has 2 N–H and O–H groups in total. The molecule has 28 heavy (non-hydrogen) atoms. The van der Waals surface area contributed by atoms with Gasteiger partial charge in [-0.1, -0.05) is 0 Å². The third-order valence-electron chi connectivity index (χ3n) is 3.81. The Morgan fingerprint density at radius 2 is 1.96 bits per heavy atom. The summed E-state index contributed by atoms with van der Waals surface area (Å²) in [5, 5.41) is 12.4. The first kappa shape index (κ1) is 19.2. The molecule has 9 nitrogen and oxygen atoms in total. The minimum Gasteiger partial charge on any atom is -0.467 e. The van der Waals surface area contributed by atoms with E-state index in [9.17, 15) is 22.8 Å². The van der Waals surface area contributed by atoms with Crippen LogP contribution in [0.3, 0.4) is 0 Å². The predicted octanol–water partition coefficient (Wildman–Crippen LogP) is 1.95. The van der Waals surface area contributed by atoms with Crippen LogP contribution in [-0.2, 0) is 26.8 Å². The number of halogens is 3. The highest BCUT2D eigenvalue weighted by molar-refractivity contribution is 6.07. The van der Waals surface area contributed by atoms with E-state index in [4.69, 9.17) is 4.42 Å². The predicted molar refractivity (Wildman–Crippen MR) is 89.2 cm³/mol. The number of nitrogens with zero attached hydrogens (tertiary/aromatic N) is 4. The van der Waals surface area contributed by atoms with Crippen molar-refractivity contribution < 1.29 is 27.2 Å². The molecule has 3 aromatic rings. The molecule has 0 saturated heterocycles. The minimum absolute atomic E-state index is 0.0203. The van der Waals surface area contributed by atoms with Gasteiger partial charge in [-0.2, -0.15) is 23.4 Å². The van der Waals surface area contributed by atoms with Crippen molar-refractivity contribution in [2.75, 3.05) is 5.32 Å². The molecule has 3 rings (SSSR count). The molecule has 0 atom stereocenters. The number of hydrogen-bond acceptors (Lipinski definition) is 5. The van der Waals surface area contributed by atoms with Crippen LogP contribution in [-0.4, -0.2) is 31.4 Å². The maximum Gasteiger partial charge on any atom is 0.433 e. The molecule has 3 heterocycles. The van der Waals surface area contributed by atoms with Gasteiger partial charge >= 0.3 is 6.18 Å². The van der Waals surface area contributed by atoms with Gasteiger partial charge in [0, 0.05) is 20.2 Å². The third-order valence-corrected chi connectivity index (χ3v) is 3.81. The van der Waals surface area contributed by atoms with E-state index in [1.807, 2.05) is 0 Å². The first-order valence-corrected chi connectivity index (χ1v) is 7.92. The topological polar surface area (TPSA) is 107 Å². The number of carbonyl (C=O) groups excluding carboxylic acids is 2. The Bertz CT molecular complexity index is 1000. The largest absolute Gasteiger partial charge is 0.467 e. The van der Waals surface area contributed by atoms with Crippen LogP contribution < -0.4 is 10.6 Å². The molecule has 0 spiro atoms. The normalized spacial score (nSPS) is 11.5. The van der Waals surface area contributed by atoms with Crippen molar-refractivity contribution in [3.05, 3.63) is 53.5 Å². The molecule has 0 unspecified atom stereocenters. The Labute approximate surface area is 156 Å². The Hall–Kier alpha value is -3.57. The highest BCUT2D eigenvalue weighted by atomic mass is 19.4. The smallest absolute Gasteiger partial charge is 0.433 e. The molecule has 148 valence electrons. The number of nitrogens with one attached hydrogen (secondary N) is 2. The maximum atomic E-state index is 12.9. The lowest BCUT2D eigenvalue weighted by Gasteiger charge is -2.07. The lowest BCUT2D eigenvalue weighted by atomic mass is 10.3. The van der Waals surface area contributed by atoms with Crippen LogP contribution in [0.2, 0.25) is 0 Å². The summed E-state index contributed by atoms with van der Waals surface area (Å²) in [5.41, 5.74) is -1.46. The van der Waals surface area contributed by atoms with Gasteiger partial charge in [0.25, 0.3) is 11.8 Å². The van der Waals surface area contributed by atoms with Crippen LogP contribution in [0.25, 0.3) is 0 Å². The molecule has 0 aliphatic carbocycles. The Kier molecular flexibility index (Phi) is 4.94. The number of carbonyl (C=O) groups is 2. The van der Waals surface area contributed by atoms with Crippen LogP contribution in [0.4, 0.5) is 18.9 Å². The zero-order valence-corrected chi connectivity index (χ0v) is 14.7. The molecular formula is C16H15F3N6O3. The van der Waals surface area contributed by atoms with Gasteiger partial charge in [0.05, 0.1) is 24.7 Å². The SMILES string of the molecule is Cn1nc(C(=O)Nc2cnn(C)c2C(=O)NCc2ccco2)cc1C(F)(F)F. The molecule has 12 heteroatoms. The second-order valence-corrected chi connectivity index (χ2v) is 5.78. The number of aryl methyl sites for hydroxylation is 2. The lowest BCUT2D eigenvalue weighted by molar-refractivity contribution is -0.143. The number of amides is 2. The van der Waals surface area contributed by atoms with E-state index in [0.29, 0.717) is 16.5 Å². The van der Waals surface area contributed by atoms with Gasteiger partial charge in [-0.05, 0) is 12.1 Å². The standard InChI is InChI=1S/C16H15F3N6O3/c1-24-12(16(17,18)19)6-10(23-24)14(26)22-11-8-21-25(2)13(11)15(27)20-7-9-4-3-5-28-9/h3-6,8H,7H2,1-2H3,(H,20,27)(H,22,26). The van der Waals surface area contributed by atoms with Gasteiger partial charge < -0.3 is 15.1 Å². The molecule has 0 radical (unpaired) electrons. The summed E-state index contributed by atoms with van der Waals surface area (Å²) in [5.74, 6) is -0.933. The molecular weight excluding hydrogens is 381 g/mol. The van der Waals surface area contributed by atoms with Crippen molar-refractivity contribution in [1.82, 2.24) is 24.9 Å². The fraction of sp³-hybridized carbons (Fsp3) is 0.250. The van der Waals surface area contributed by atoms with Crippen molar-refractivity contribution in [3.8, 4) is 0 Å². The fourth-order valence-electron chi connectivity index (χ4n) is 2.49. The summed E-state index contributed by atoms with van der Waals surface area (Å²) in [6.45, 7) is 0.111. The number of furan rings is 1. The first-order chi connectivity index (χ1) is 13.2. The summed E-state index contributed by atoms with van der Waals surface area (Å²) in [7, 11) is 2.57. The number of hydrogen-bond donors (Lipinski definition) is 2. The molecule has 0 aliphatic heterocycles. The highest BCUT2D eigenvalue weighted by Gasteiger charge is 2.36. The monoisotopic (exact) mass is 396 g/mol. The van der Waals surface area contributed by atoms with Crippen LogP contribution in [0.15, 0.2) is 35.1 Å². The van der Waals surface area contributed by atoms with E-state index in [-0.39, 0.29) is 17.9 Å².